The molecule has 0 fully saturated rings. The standard InChI is InChI=1S/C6H6ClNO2S/c7-4-2-1-3(11-4)5(8)6(9)10/h1-2,5H,8H2,(H,9,10). The van der Waals surface area contributed by atoms with Crippen LogP contribution >= 0.6 is 22.9 Å². The summed E-state index contributed by atoms with van der Waals surface area (Å²) in [6.07, 6.45) is 0. The molecule has 1 rings (SSSR count). The Labute approximate surface area is 72.4 Å². The van der Waals surface area contributed by atoms with E-state index in [4.69, 9.17) is 22.4 Å². The third-order valence-corrected chi connectivity index (χ3v) is 2.48. The summed E-state index contributed by atoms with van der Waals surface area (Å²) in [7, 11) is 0. The molecule has 1 atom stereocenters. The van der Waals surface area contributed by atoms with Crippen LogP contribution in [0.3, 0.4) is 0 Å². The Morgan fingerprint density at radius 1 is 1.73 bits per heavy atom. The molecule has 1 aromatic rings. The molecule has 1 heterocycles. The Bertz CT molecular complexity index is 273. The number of carbonyl (C=O) groups is 1. The Hall–Kier alpha value is -0.580. The van der Waals surface area contributed by atoms with E-state index in [0.29, 0.717) is 9.21 Å². The zero-order valence-electron chi connectivity index (χ0n) is 5.45. The second-order valence-corrected chi connectivity index (χ2v) is 3.70. The molecule has 0 aromatic carbocycles. The van der Waals surface area contributed by atoms with Gasteiger partial charge in [0, 0.05) is 4.88 Å². The van der Waals surface area contributed by atoms with E-state index in [1.807, 2.05) is 0 Å². The summed E-state index contributed by atoms with van der Waals surface area (Å²) in [4.78, 5) is 10.9. The van der Waals surface area contributed by atoms with E-state index in [-0.39, 0.29) is 0 Å². The molecule has 1 unspecified atom stereocenters. The summed E-state index contributed by atoms with van der Waals surface area (Å²) >= 11 is 6.76. The van der Waals surface area contributed by atoms with Gasteiger partial charge in [0.1, 0.15) is 6.04 Å². The first-order chi connectivity index (χ1) is 5.11. The third-order valence-electron chi connectivity index (χ3n) is 1.17. The first-order valence-electron chi connectivity index (χ1n) is 2.85. The van der Waals surface area contributed by atoms with Crippen LogP contribution in [-0.4, -0.2) is 11.1 Å². The zero-order chi connectivity index (χ0) is 8.43. The molecule has 0 saturated heterocycles. The molecule has 0 spiro atoms. The van der Waals surface area contributed by atoms with Crippen LogP contribution in [-0.2, 0) is 4.79 Å². The zero-order valence-corrected chi connectivity index (χ0v) is 7.02. The predicted molar refractivity (Wildman–Crippen MR) is 43.9 cm³/mol. The molecule has 0 aliphatic carbocycles. The van der Waals surface area contributed by atoms with Crippen molar-refractivity contribution in [2.45, 2.75) is 6.04 Å². The van der Waals surface area contributed by atoms with Gasteiger partial charge in [-0.2, -0.15) is 0 Å². The predicted octanol–water partition coefficient (Wildman–Crippen LogP) is 1.49. The van der Waals surface area contributed by atoms with E-state index in [9.17, 15) is 4.79 Å². The van der Waals surface area contributed by atoms with Crippen LogP contribution in [0, 0.1) is 0 Å². The van der Waals surface area contributed by atoms with Crippen LogP contribution < -0.4 is 5.73 Å². The number of nitrogens with two attached hydrogens (primary N) is 1. The molecule has 0 aliphatic rings. The van der Waals surface area contributed by atoms with Gasteiger partial charge in [0.15, 0.2) is 0 Å². The van der Waals surface area contributed by atoms with Crippen molar-refractivity contribution in [1.82, 2.24) is 0 Å². The summed E-state index contributed by atoms with van der Waals surface area (Å²) in [5, 5.41) is 8.48. The number of halogens is 1. The third kappa shape index (κ3) is 1.92. The maximum Gasteiger partial charge on any atom is 0.325 e. The van der Waals surface area contributed by atoms with Gasteiger partial charge in [-0.05, 0) is 12.1 Å². The molecule has 0 amide bonds. The van der Waals surface area contributed by atoms with Crippen LogP contribution in [0.15, 0.2) is 12.1 Å². The second-order valence-electron chi connectivity index (χ2n) is 1.96. The molecule has 5 heteroatoms. The molecule has 0 saturated carbocycles. The average Bonchev–Trinajstić information content (AvgIpc) is 2.34. The summed E-state index contributed by atoms with van der Waals surface area (Å²) in [6.45, 7) is 0. The van der Waals surface area contributed by atoms with E-state index in [0.717, 1.165) is 0 Å². The lowest BCUT2D eigenvalue weighted by atomic mass is 10.3. The fourth-order valence-electron chi connectivity index (χ4n) is 0.617. The number of rotatable bonds is 2. The van der Waals surface area contributed by atoms with Crippen molar-refractivity contribution in [3.05, 3.63) is 21.3 Å². The van der Waals surface area contributed by atoms with Crippen molar-refractivity contribution in [2.75, 3.05) is 0 Å². The Morgan fingerprint density at radius 2 is 2.36 bits per heavy atom. The van der Waals surface area contributed by atoms with E-state index in [2.05, 4.69) is 0 Å². The van der Waals surface area contributed by atoms with Crippen molar-refractivity contribution in [3.63, 3.8) is 0 Å². The van der Waals surface area contributed by atoms with Crippen LogP contribution in [0.4, 0.5) is 0 Å². The molecule has 60 valence electrons. The van der Waals surface area contributed by atoms with Crippen molar-refractivity contribution in [1.29, 1.82) is 0 Å². The molecule has 0 radical (unpaired) electrons. The van der Waals surface area contributed by atoms with Crippen molar-refractivity contribution < 1.29 is 9.90 Å². The number of carboxylic acids is 1. The maximum atomic E-state index is 10.3. The van der Waals surface area contributed by atoms with E-state index in [1.54, 1.807) is 12.1 Å². The fourth-order valence-corrected chi connectivity index (χ4v) is 1.67. The Morgan fingerprint density at radius 3 is 2.73 bits per heavy atom. The molecule has 0 bridgehead atoms. The second kappa shape index (κ2) is 3.21. The van der Waals surface area contributed by atoms with Crippen LogP contribution in [0.5, 0.6) is 0 Å². The maximum absolute atomic E-state index is 10.3. The van der Waals surface area contributed by atoms with Crippen LogP contribution in [0.1, 0.15) is 10.9 Å². The highest BCUT2D eigenvalue weighted by molar-refractivity contribution is 7.16. The first kappa shape index (κ1) is 8.52. The molecular formula is C6H6ClNO2S. The van der Waals surface area contributed by atoms with Crippen molar-refractivity contribution in [2.24, 2.45) is 5.73 Å². The minimum absolute atomic E-state index is 0.553. The van der Waals surface area contributed by atoms with Gasteiger partial charge >= 0.3 is 5.97 Å². The summed E-state index contributed by atoms with van der Waals surface area (Å²) < 4.78 is 0.553. The summed E-state index contributed by atoms with van der Waals surface area (Å²) in [6, 6.07) is 2.29. The molecular weight excluding hydrogens is 186 g/mol. The minimum Gasteiger partial charge on any atom is -0.480 e. The monoisotopic (exact) mass is 191 g/mol. The van der Waals surface area contributed by atoms with Gasteiger partial charge in [0.25, 0.3) is 0 Å². The van der Waals surface area contributed by atoms with Crippen LogP contribution in [0.25, 0.3) is 0 Å². The van der Waals surface area contributed by atoms with E-state index >= 15 is 0 Å². The SMILES string of the molecule is NC(C(=O)O)c1ccc(Cl)s1. The summed E-state index contributed by atoms with van der Waals surface area (Å²) in [5.74, 6) is -1.04. The van der Waals surface area contributed by atoms with Gasteiger partial charge in [-0.25, -0.2) is 0 Å². The number of aliphatic carboxylic acids is 1. The highest BCUT2D eigenvalue weighted by Gasteiger charge is 2.15. The molecule has 0 aliphatic heterocycles. The molecule has 11 heavy (non-hydrogen) atoms. The first-order valence-corrected chi connectivity index (χ1v) is 4.04. The van der Waals surface area contributed by atoms with Crippen LogP contribution in [0.2, 0.25) is 4.34 Å². The van der Waals surface area contributed by atoms with Gasteiger partial charge < -0.3 is 10.8 Å². The number of hydrogen-bond acceptors (Lipinski definition) is 3. The Kier molecular flexibility index (Phi) is 2.49. The summed E-state index contributed by atoms with van der Waals surface area (Å²) in [5.41, 5.74) is 5.30. The van der Waals surface area contributed by atoms with E-state index < -0.39 is 12.0 Å². The van der Waals surface area contributed by atoms with Gasteiger partial charge in [-0.3, -0.25) is 4.79 Å². The van der Waals surface area contributed by atoms with Crippen molar-refractivity contribution >= 4 is 28.9 Å². The largest absolute Gasteiger partial charge is 0.480 e. The van der Waals surface area contributed by atoms with Gasteiger partial charge in [-0.1, -0.05) is 11.6 Å². The van der Waals surface area contributed by atoms with Crippen molar-refractivity contribution in [3.8, 4) is 0 Å². The van der Waals surface area contributed by atoms with Gasteiger partial charge in [0.05, 0.1) is 4.34 Å². The lowest BCUT2D eigenvalue weighted by Gasteiger charge is -2.00. The molecule has 3 N–H and O–H groups in total. The lowest BCUT2D eigenvalue weighted by Crippen LogP contribution is -2.19. The van der Waals surface area contributed by atoms with Gasteiger partial charge in [0.2, 0.25) is 0 Å². The number of carboxylic acid groups (broad SMARTS) is 1. The fraction of sp³-hybridized carbons (Fsp3) is 0.167. The number of thiophene rings is 1. The highest BCUT2D eigenvalue weighted by atomic mass is 35.5. The minimum atomic E-state index is -1.04. The average molecular weight is 192 g/mol. The Balaban J connectivity index is 2.84. The lowest BCUT2D eigenvalue weighted by molar-refractivity contribution is -0.138. The normalized spacial score (nSPS) is 12.9. The topological polar surface area (TPSA) is 63.3 Å². The van der Waals surface area contributed by atoms with E-state index in [1.165, 1.54) is 11.3 Å². The highest BCUT2D eigenvalue weighted by Crippen LogP contribution is 2.25. The van der Waals surface area contributed by atoms with Gasteiger partial charge in [-0.15, -0.1) is 11.3 Å². The quantitative estimate of drug-likeness (QED) is 0.745. The number of hydrogen-bond donors (Lipinski definition) is 2. The smallest absolute Gasteiger partial charge is 0.325 e. The molecule has 1 aromatic heterocycles. The molecule has 3 nitrogen and oxygen atoms in total.